The Balaban J connectivity index is 2.92. The summed E-state index contributed by atoms with van der Waals surface area (Å²) in [5, 5.41) is 8.80. The molecule has 3 nitrogen and oxygen atoms in total. The number of anilines is 1. The van der Waals surface area contributed by atoms with E-state index in [0.29, 0.717) is 12.0 Å². The number of nitriles is 1. The lowest BCUT2D eigenvalue weighted by Gasteiger charge is -2.25. The van der Waals surface area contributed by atoms with E-state index >= 15 is 0 Å². The summed E-state index contributed by atoms with van der Waals surface area (Å²) in [5.74, 6) is 0.199. The van der Waals surface area contributed by atoms with E-state index < -0.39 is 0 Å². The molecule has 0 N–H and O–H groups in total. The molecule has 1 aromatic carbocycles. The molecular formula is C13H16N2O. The molecular weight excluding hydrogens is 200 g/mol. The maximum Gasteiger partial charge on any atom is 0.154 e. The molecule has 16 heavy (non-hydrogen) atoms. The highest BCUT2D eigenvalue weighted by atomic mass is 16.1. The van der Waals surface area contributed by atoms with Gasteiger partial charge in [0.2, 0.25) is 0 Å². The Hall–Kier alpha value is -1.82. The fourth-order valence-corrected chi connectivity index (χ4v) is 1.53. The van der Waals surface area contributed by atoms with E-state index in [2.05, 4.69) is 6.07 Å². The third kappa shape index (κ3) is 2.60. The van der Waals surface area contributed by atoms with E-state index in [1.807, 2.05) is 37.9 Å². The summed E-state index contributed by atoms with van der Waals surface area (Å²) in [7, 11) is 1.87. The van der Waals surface area contributed by atoms with E-state index in [1.165, 1.54) is 0 Å². The van der Waals surface area contributed by atoms with E-state index in [-0.39, 0.29) is 11.8 Å². The van der Waals surface area contributed by atoms with Crippen molar-refractivity contribution in [2.24, 2.45) is 0 Å². The summed E-state index contributed by atoms with van der Waals surface area (Å²) in [4.78, 5) is 13.5. The largest absolute Gasteiger partial charge is 0.365 e. The zero-order chi connectivity index (χ0) is 12.1. The Bertz CT molecular complexity index is 420. The number of hydrogen-bond donors (Lipinski definition) is 0. The smallest absolute Gasteiger partial charge is 0.154 e. The SMILES string of the molecule is CCC(=O)C(C)N(C)c1cccc(C#N)c1. The van der Waals surface area contributed by atoms with Gasteiger partial charge in [0.05, 0.1) is 17.7 Å². The minimum absolute atomic E-state index is 0.154. The number of benzene rings is 1. The lowest BCUT2D eigenvalue weighted by Crippen LogP contribution is -2.35. The van der Waals surface area contributed by atoms with Crippen LogP contribution in [0.3, 0.4) is 0 Å². The minimum atomic E-state index is -0.154. The second-order valence-electron chi connectivity index (χ2n) is 3.77. The van der Waals surface area contributed by atoms with Crippen LogP contribution in [0.15, 0.2) is 24.3 Å². The van der Waals surface area contributed by atoms with Gasteiger partial charge < -0.3 is 4.90 Å². The van der Waals surface area contributed by atoms with Crippen molar-refractivity contribution in [3.63, 3.8) is 0 Å². The van der Waals surface area contributed by atoms with E-state index in [4.69, 9.17) is 5.26 Å². The molecule has 84 valence electrons. The maximum atomic E-state index is 11.6. The number of hydrogen-bond acceptors (Lipinski definition) is 3. The predicted octanol–water partition coefficient (Wildman–Crippen LogP) is 2.36. The Kier molecular flexibility index (Phi) is 4.07. The molecule has 0 aliphatic heterocycles. The topological polar surface area (TPSA) is 44.1 Å². The van der Waals surface area contributed by atoms with Crippen molar-refractivity contribution in [2.75, 3.05) is 11.9 Å². The molecule has 0 heterocycles. The Labute approximate surface area is 96.3 Å². The van der Waals surface area contributed by atoms with Crippen molar-refractivity contribution >= 4 is 11.5 Å². The highest BCUT2D eigenvalue weighted by Crippen LogP contribution is 2.17. The van der Waals surface area contributed by atoms with E-state index in [9.17, 15) is 4.79 Å². The molecule has 0 aliphatic rings. The molecule has 0 saturated carbocycles. The van der Waals surface area contributed by atoms with Gasteiger partial charge in [-0.2, -0.15) is 5.26 Å². The molecule has 1 unspecified atom stereocenters. The fraction of sp³-hybridized carbons (Fsp3) is 0.385. The second kappa shape index (κ2) is 5.32. The van der Waals surface area contributed by atoms with Crippen LogP contribution in [0.25, 0.3) is 0 Å². The molecule has 0 fully saturated rings. The van der Waals surface area contributed by atoms with Gasteiger partial charge in [-0.25, -0.2) is 0 Å². The fourth-order valence-electron chi connectivity index (χ4n) is 1.53. The van der Waals surface area contributed by atoms with Crippen molar-refractivity contribution in [1.82, 2.24) is 0 Å². The number of ketones is 1. The van der Waals surface area contributed by atoms with Gasteiger partial charge in [0.1, 0.15) is 0 Å². The molecule has 1 aromatic rings. The van der Waals surface area contributed by atoms with Crippen molar-refractivity contribution in [2.45, 2.75) is 26.3 Å². The molecule has 0 saturated heterocycles. The van der Waals surface area contributed by atoms with Gasteiger partial charge in [0.25, 0.3) is 0 Å². The van der Waals surface area contributed by atoms with Gasteiger partial charge in [0.15, 0.2) is 5.78 Å². The first-order valence-electron chi connectivity index (χ1n) is 5.35. The highest BCUT2D eigenvalue weighted by Gasteiger charge is 2.16. The number of likely N-dealkylation sites (N-methyl/N-ethyl adjacent to an activating group) is 1. The maximum absolute atomic E-state index is 11.6. The van der Waals surface area contributed by atoms with Gasteiger partial charge >= 0.3 is 0 Å². The van der Waals surface area contributed by atoms with Crippen LogP contribution in [0.1, 0.15) is 25.8 Å². The number of carbonyl (C=O) groups excluding carboxylic acids is 1. The summed E-state index contributed by atoms with van der Waals surface area (Å²) in [6.07, 6.45) is 0.531. The van der Waals surface area contributed by atoms with Crippen LogP contribution < -0.4 is 4.90 Å². The quantitative estimate of drug-likeness (QED) is 0.776. The third-order valence-electron chi connectivity index (χ3n) is 2.78. The van der Waals surface area contributed by atoms with Crippen LogP contribution >= 0.6 is 0 Å². The van der Waals surface area contributed by atoms with Crippen molar-refractivity contribution in [3.05, 3.63) is 29.8 Å². The van der Waals surface area contributed by atoms with Crippen molar-refractivity contribution in [1.29, 1.82) is 5.26 Å². The first-order valence-corrected chi connectivity index (χ1v) is 5.35. The lowest BCUT2D eigenvalue weighted by molar-refractivity contribution is -0.119. The number of rotatable bonds is 4. The summed E-state index contributed by atoms with van der Waals surface area (Å²) in [6, 6.07) is 9.21. The molecule has 1 atom stereocenters. The van der Waals surface area contributed by atoms with Crippen molar-refractivity contribution < 1.29 is 4.79 Å². The average molecular weight is 216 g/mol. The molecule has 0 radical (unpaired) electrons. The first-order chi connectivity index (χ1) is 7.60. The van der Waals surface area contributed by atoms with Gasteiger partial charge in [0, 0.05) is 19.2 Å². The van der Waals surface area contributed by atoms with Crippen LogP contribution in [-0.2, 0) is 4.79 Å². The minimum Gasteiger partial charge on any atom is -0.365 e. The Morgan fingerprint density at radius 3 is 2.81 bits per heavy atom. The molecule has 0 aromatic heterocycles. The summed E-state index contributed by atoms with van der Waals surface area (Å²) in [5.41, 5.74) is 1.51. The van der Waals surface area contributed by atoms with Gasteiger partial charge in [-0.1, -0.05) is 13.0 Å². The Morgan fingerprint density at radius 1 is 1.56 bits per heavy atom. The average Bonchev–Trinajstić information content (AvgIpc) is 2.36. The number of carbonyl (C=O) groups is 1. The molecule has 0 bridgehead atoms. The molecule has 3 heteroatoms. The second-order valence-corrected chi connectivity index (χ2v) is 3.77. The zero-order valence-electron chi connectivity index (χ0n) is 9.90. The summed E-state index contributed by atoms with van der Waals surface area (Å²) < 4.78 is 0. The van der Waals surface area contributed by atoms with Crippen LogP contribution in [0.4, 0.5) is 5.69 Å². The molecule has 0 spiro atoms. The zero-order valence-corrected chi connectivity index (χ0v) is 9.90. The van der Waals surface area contributed by atoms with E-state index in [0.717, 1.165) is 5.69 Å². The monoisotopic (exact) mass is 216 g/mol. The molecule has 0 aliphatic carbocycles. The number of Topliss-reactive ketones (excluding diaryl/α,β-unsaturated/α-hetero) is 1. The summed E-state index contributed by atoms with van der Waals surface area (Å²) >= 11 is 0. The highest BCUT2D eigenvalue weighted by molar-refractivity contribution is 5.86. The number of nitrogens with zero attached hydrogens (tertiary/aromatic N) is 2. The first kappa shape index (κ1) is 12.3. The van der Waals surface area contributed by atoms with Crippen LogP contribution in [0.5, 0.6) is 0 Å². The standard InChI is InChI=1S/C13H16N2O/c1-4-13(16)10(2)15(3)12-7-5-6-11(8-12)9-14/h5-8,10H,4H2,1-3H3. The third-order valence-corrected chi connectivity index (χ3v) is 2.78. The van der Waals surface area contributed by atoms with Gasteiger partial charge in [-0.15, -0.1) is 0 Å². The van der Waals surface area contributed by atoms with Gasteiger partial charge in [-0.3, -0.25) is 4.79 Å². The Morgan fingerprint density at radius 2 is 2.25 bits per heavy atom. The van der Waals surface area contributed by atoms with Gasteiger partial charge in [-0.05, 0) is 25.1 Å². The normalized spacial score (nSPS) is 11.6. The van der Waals surface area contributed by atoms with E-state index in [1.54, 1.807) is 12.1 Å². The summed E-state index contributed by atoms with van der Waals surface area (Å²) in [6.45, 7) is 3.74. The van der Waals surface area contributed by atoms with Crippen LogP contribution in [0, 0.1) is 11.3 Å². The molecule has 0 amide bonds. The van der Waals surface area contributed by atoms with Crippen LogP contribution in [0.2, 0.25) is 0 Å². The predicted molar refractivity (Wildman–Crippen MR) is 64.3 cm³/mol. The van der Waals surface area contributed by atoms with Crippen LogP contribution in [-0.4, -0.2) is 18.9 Å². The lowest BCUT2D eigenvalue weighted by atomic mass is 10.1. The van der Waals surface area contributed by atoms with Crippen molar-refractivity contribution in [3.8, 4) is 6.07 Å². The molecule has 1 rings (SSSR count).